The standard InChI is InChI=1S/C23H23FN2O2/c1-3-4-5-6-14-28-21-9-7-8-20(22(21)24)26-23(27)18-12-13-19-17(15-18)11-10-16(2)25-19/h3,7-13,15H,1,4-6,14H2,2H3,(H,26,27). The van der Waals surface area contributed by atoms with E-state index in [0.717, 1.165) is 35.9 Å². The number of unbranched alkanes of at least 4 members (excludes halogenated alkanes) is 2. The van der Waals surface area contributed by atoms with Crippen LogP contribution in [0.1, 0.15) is 35.3 Å². The van der Waals surface area contributed by atoms with Crippen molar-refractivity contribution in [3.63, 3.8) is 0 Å². The normalized spacial score (nSPS) is 10.6. The summed E-state index contributed by atoms with van der Waals surface area (Å²) >= 11 is 0. The summed E-state index contributed by atoms with van der Waals surface area (Å²) < 4.78 is 20.2. The molecule has 0 spiro atoms. The van der Waals surface area contributed by atoms with Crippen molar-refractivity contribution in [2.45, 2.75) is 26.2 Å². The molecule has 1 heterocycles. The van der Waals surface area contributed by atoms with Gasteiger partial charge in [-0.15, -0.1) is 6.58 Å². The zero-order valence-corrected chi connectivity index (χ0v) is 15.9. The fraction of sp³-hybridized carbons (Fsp3) is 0.217. The number of rotatable bonds is 8. The second kappa shape index (κ2) is 9.13. The van der Waals surface area contributed by atoms with Crippen molar-refractivity contribution in [3.05, 3.63) is 78.3 Å². The molecule has 0 radical (unpaired) electrons. The number of nitrogens with one attached hydrogen (secondary N) is 1. The van der Waals surface area contributed by atoms with E-state index in [1.54, 1.807) is 30.3 Å². The van der Waals surface area contributed by atoms with Gasteiger partial charge in [0.05, 0.1) is 17.8 Å². The van der Waals surface area contributed by atoms with Crippen LogP contribution in [0.5, 0.6) is 5.75 Å². The van der Waals surface area contributed by atoms with Crippen LogP contribution in [0.3, 0.4) is 0 Å². The Morgan fingerprint density at radius 2 is 2.07 bits per heavy atom. The molecule has 0 unspecified atom stereocenters. The molecule has 1 aromatic heterocycles. The van der Waals surface area contributed by atoms with Crippen LogP contribution >= 0.6 is 0 Å². The average molecular weight is 378 g/mol. The highest BCUT2D eigenvalue weighted by Crippen LogP contribution is 2.25. The van der Waals surface area contributed by atoms with Gasteiger partial charge < -0.3 is 10.1 Å². The second-order valence-corrected chi connectivity index (χ2v) is 6.56. The molecule has 0 saturated heterocycles. The van der Waals surface area contributed by atoms with Crippen LogP contribution in [0.15, 0.2) is 61.2 Å². The largest absolute Gasteiger partial charge is 0.490 e. The number of carbonyl (C=O) groups excluding carboxylic acids is 1. The summed E-state index contributed by atoms with van der Waals surface area (Å²) in [5, 5.41) is 3.48. The van der Waals surface area contributed by atoms with E-state index in [1.165, 1.54) is 6.07 Å². The minimum atomic E-state index is -0.572. The molecule has 3 rings (SSSR count). The lowest BCUT2D eigenvalue weighted by Crippen LogP contribution is -2.13. The molecule has 0 atom stereocenters. The van der Waals surface area contributed by atoms with Crippen LogP contribution in [0.2, 0.25) is 0 Å². The number of fused-ring (bicyclic) bond motifs is 1. The van der Waals surface area contributed by atoms with Gasteiger partial charge >= 0.3 is 0 Å². The van der Waals surface area contributed by atoms with Crippen molar-refractivity contribution in [2.75, 3.05) is 11.9 Å². The Labute approximate surface area is 164 Å². The molecule has 144 valence electrons. The predicted molar refractivity (Wildman–Crippen MR) is 110 cm³/mol. The highest BCUT2D eigenvalue weighted by Gasteiger charge is 2.14. The highest BCUT2D eigenvalue weighted by molar-refractivity contribution is 6.06. The Hall–Kier alpha value is -3.21. The Balaban J connectivity index is 1.70. The van der Waals surface area contributed by atoms with Gasteiger partial charge in [0.1, 0.15) is 0 Å². The molecule has 0 fully saturated rings. The van der Waals surface area contributed by atoms with Crippen LogP contribution in [0.4, 0.5) is 10.1 Å². The van der Waals surface area contributed by atoms with E-state index in [-0.39, 0.29) is 17.3 Å². The molecular formula is C23H23FN2O2. The molecule has 2 aromatic carbocycles. The van der Waals surface area contributed by atoms with Crippen LogP contribution in [-0.4, -0.2) is 17.5 Å². The number of carbonyl (C=O) groups is 1. The number of aryl methyl sites for hydroxylation is 1. The van der Waals surface area contributed by atoms with Crippen molar-refractivity contribution in [1.82, 2.24) is 4.98 Å². The molecule has 5 heteroatoms. The Bertz CT molecular complexity index is 1000. The minimum Gasteiger partial charge on any atom is -0.490 e. The Morgan fingerprint density at radius 1 is 1.21 bits per heavy atom. The summed E-state index contributed by atoms with van der Waals surface area (Å²) in [5.74, 6) is -0.822. The number of halogens is 1. The summed E-state index contributed by atoms with van der Waals surface area (Å²) in [6, 6.07) is 13.7. The average Bonchev–Trinajstić information content (AvgIpc) is 2.70. The maximum atomic E-state index is 14.7. The van der Waals surface area contributed by atoms with Gasteiger partial charge in [0.25, 0.3) is 5.91 Å². The molecule has 0 aliphatic rings. The number of benzene rings is 2. The number of hydrogen-bond acceptors (Lipinski definition) is 3. The predicted octanol–water partition coefficient (Wildman–Crippen LogP) is 5.67. The van der Waals surface area contributed by atoms with Gasteiger partial charge in [0, 0.05) is 16.6 Å². The number of anilines is 1. The minimum absolute atomic E-state index is 0.0933. The first-order valence-electron chi connectivity index (χ1n) is 9.29. The van der Waals surface area contributed by atoms with E-state index in [1.807, 2.05) is 25.1 Å². The van der Waals surface area contributed by atoms with Crippen LogP contribution in [0, 0.1) is 12.7 Å². The van der Waals surface area contributed by atoms with E-state index in [0.29, 0.717) is 12.2 Å². The van der Waals surface area contributed by atoms with Crippen LogP contribution < -0.4 is 10.1 Å². The Morgan fingerprint density at radius 3 is 2.89 bits per heavy atom. The quantitative estimate of drug-likeness (QED) is 0.406. The lowest BCUT2D eigenvalue weighted by Gasteiger charge is -2.11. The SMILES string of the molecule is C=CCCCCOc1cccc(NC(=O)c2ccc3nc(C)ccc3c2)c1F. The fourth-order valence-electron chi connectivity index (χ4n) is 2.85. The third kappa shape index (κ3) is 4.74. The topological polar surface area (TPSA) is 51.2 Å². The monoisotopic (exact) mass is 378 g/mol. The number of ether oxygens (including phenoxy) is 1. The molecule has 0 bridgehead atoms. The van der Waals surface area contributed by atoms with E-state index in [2.05, 4.69) is 16.9 Å². The van der Waals surface area contributed by atoms with Gasteiger partial charge in [-0.25, -0.2) is 4.39 Å². The van der Waals surface area contributed by atoms with Crippen LogP contribution in [-0.2, 0) is 0 Å². The summed E-state index contributed by atoms with van der Waals surface area (Å²) in [6.45, 7) is 6.00. The molecule has 4 nitrogen and oxygen atoms in total. The zero-order valence-electron chi connectivity index (χ0n) is 15.9. The fourth-order valence-corrected chi connectivity index (χ4v) is 2.85. The van der Waals surface area contributed by atoms with Gasteiger partial charge in [-0.2, -0.15) is 0 Å². The van der Waals surface area contributed by atoms with E-state index in [4.69, 9.17) is 4.74 Å². The first-order chi connectivity index (χ1) is 13.6. The third-order valence-electron chi connectivity index (χ3n) is 4.36. The van der Waals surface area contributed by atoms with Gasteiger partial charge in [-0.1, -0.05) is 18.2 Å². The molecule has 1 amide bonds. The molecule has 0 aliphatic heterocycles. The number of nitrogens with zero attached hydrogens (tertiary/aromatic N) is 1. The summed E-state index contributed by atoms with van der Waals surface area (Å²) in [6.07, 6.45) is 4.51. The van der Waals surface area contributed by atoms with E-state index in [9.17, 15) is 9.18 Å². The smallest absolute Gasteiger partial charge is 0.255 e. The second-order valence-electron chi connectivity index (χ2n) is 6.56. The summed E-state index contributed by atoms with van der Waals surface area (Å²) in [5.41, 5.74) is 2.26. The number of pyridine rings is 1. The van der Waals surface area contributed by atoms with Crippen molar-refractivity contribution in [3.8, 4) is 5.75 Å². The first kappa shape index (κ1) is 19.5. The van der Waals surface area contributed by atoms with Gasteiger partial charge in [-0.3, -0.25) is 9.78 Å². The van der Waals surface area contributed by atoms with Gasteiger partial charge in [0.2, 0.25) is 0 Å². The van der Waals surface area contributed by atoms with Gasteiger partial charge in [-0.05, 0) is 62.6 Å². The number of allylic oxidation sites excluding steroid dienone is 1. The Kier molecular flexibility index (Phi) is 6.37. The van der Waals surface area contributed by atoms with E-state index < -0.39 is 5.82 Å². The first-order valence-corrected chi connectivity index (χ1v) is 9.29. The van der Waals surface area contributed by atoms with E-state index >= 15 is 0 Å². The lowest BCUT2D eigenvalue weighted by atomic mass is 10.1. The molecule has 0 aliphatic carbocycles. The molecule has 28 heavy (non-hydrogen) atoms. The molecule has 0 saturated carbocycles. The van der Waals surface area contributed by atoms with Crippen molar-refractivity contribution in [1.29, 1.82) is 0 Å². The van der Waals surface area contributed by atoms with Crippen molar-refractivity contribution in [2.24, 2.45) is 0 Å². The summed E-state index contributed by atoms with van der Waals surface area (Å²) in [7, 11) is 0. The van der Waals surface area contributed by atoms with Crippen molar-refractivity contribution < 1.29 is 13.9 Å². The number of hydrogen-bond donors (Lipinski definition) is 1. The van der Waals surface area contributed by atoms with Gasteiger partial charge in [0.15, 0.2) is 11.6 Å². The number of aromatic nitrogens is 1. The third-order valence-corrected chi connectivity index (χ3v) is 4.36. The van der Waals surface area contributed by atoms with Crippen molar-refractivity contribution >= 4 is 22.5 Å². The molecular weight excluding hydrogens is 355 g/mol. The lowest BCUT2D eigenvalue weighted by molar-refractivity contribution is 0.102. The highest BCUT2D eigenvalue weighted by atomic mass is 19.1. The molecule has 1 N–H and O–H groups in total. The molecule has 3 aromatic rings. The number of amides is 1. The summed E-state index contributed by atoms with van der Waals surface area (Å²) in [4.78, 5) is 17.0. The maximum absolute atomic E-state index is 14.7. The zero-order chi connectivity index (χ0) is 19.9. The van der Waals surface area contributed by atoms with Crippen LogP contribution in [0.25, 0.3) is 10.9 Å². The maximum Gasteiger partial charge on any atom is 0.255 e.